The Morgan fingerprint density at radius 1 is 1.33 bits per heavy atom. The molecule has 2 fully saturated rings. The lowest BCUT2D eigenvalue weighted by molar-refractivity contribution is -0.132. The number of likely N-dealkylation sites (N-methyl/N-ethyl adjacent to an activating group) is 1. The molecular weight excluding hydrogens is 267 g/mol. The van der Waals surface area contributed by atoms with Gasteiger partial charge in [-0.2, -0.15) is 0 Å². The normalized spacial score (nSPS) is 28.2. The highest BCUT2D eigenvalue weighted by atomic mass is 19.1. The molecule has 1 saturated heterocycles. The predicted molar refractivity (Wildman–Crippen MR) is 80.2 cm³/mol. The Hall–Kier alpha value is -1.42. The van der Waals surface area contributed by atoms with Crippen LogP contribution in [0.15, 0.2) is 24.3 Å². The number of carbonyl (C=O) groups is 1. The second-order valence-corrected chi connectivity index (χ2v) is 6.39. The van der Waals surface area contributed by atoms with Gasteiger partial charge in [0.15, 0.2) is 0 Å². The van der Waals surface area contributed by atoms with Gasteiger partial charge in [-0.05, 0) is 31.2 Å². The van der Waals surface area contributed by atoms with E-state index >= 15 is 0 Å². The minimum Gasteiger partial charge on any atom is -0.340 e. The predicted octanol–water partition coefficient (Wildman–Crippen LogP) is 2.70. The van der Waals surface area contributed by atoms with E-state index in [0.29, 0.717) is 24.1 Å². The molecule has 1 saturated carbocycles. The third kappa shape index (κ3) is 3.10. The quantitative estimate of drug-likeness (QED) is 0.928. The third-order valence-corrected chi connectivity index (χ3v) is 4.90. The van der Waals surface area contributed by atoms with Crippen molar-refractivity contribution in [2.45, 2.75) is 50.7 Å². The zero-order chi connectivity index (χ0) is 14.8. The van der Waals surface area contributed by atoms with Crippen LogP contribution in [-0.2, 0) is 11.3 Å². The van der Waals surface area contributed by atoms with E-state index in [2.05, 4.69) is 5.32 Å². The molecule has 0 spiro atoms. The molecule has 3 rings (SSSR count). The second kappa shape index (κ2) is 6.14. The summed E-state index contributed by atoms with van der Waals surface area (Å²) in [4.78, 5) is 14.2. The Morgan fingerprint density at radius 3 is 2.86 bits per heavy atom. The molecule has 21 heavy (non-hydrogen) atoms. The lowest BCUT2D eigenvalue weighted by Crippen LogP contribution is -2.43. The van der Waals surface area contributed by atoms with Gasteiger partial charge in [-0.1, -0.05) is 31.0 Å². The van der Waals surface area contributed by atoms with Gasteiger partial charge in [0.1, 0.15) is 5.82 Å². The molecule has 114 valence electrons. The maximum absolute atomic E-state index is 13.7. The summed E-state index contributed by atoms with van der Waals surface area (Å²) in [5.41, 5.74) is 0.573. The molecule has 3 atom stereocenters. The summed E-state index contributed by atoms with van der Waals surface area (Å²) in [6.45, 7) is 0.332. The molecule has 1 N–H and O–H groups in total. The van der Waals surface area contributed by atoms with Crippen molar-refractivity contribution in [1.29, 1.82) is 0 Å². The summed E-state index contributed by atoms with van der Waals surface area (Å²) in [6.07, 6.45) is 5.91. The maximum Gasteiger partial charge on any atom is 0.239 e. The van der Waals surface area contributed by atoms with E-state index in [9.17, 15) is 9.18 Å². The van der Waals surface area contributed by atoms with Gasteiger partial charge >= 0.3 is 0 Å². The minimum absolute atomic E-state index is 0.0881. The van der Waals surface area contributed by atoms with Crippen LogP contribution < -0.4 is 5.32 Å². The Balaban J connectivity index is 1.61. The summed E-state index contributed by atoms with van der Waals surface area (Å²) < 4.78 is 13.7. The number of benzene rings is 1. The number of nitrogens with one attached hydrogen (secondary N) is 1. The Morgan fingerprint density at radius 2 is 2.10 bits per heavy atom. The van der Waals surface area contributed by atoms with Crippen molar-refractivity contribution in [2.24, 2.45) is 5.92 Å². The van der Waals surface area contributed by atoms with Gasteiger partial charge < -0.3 is 10.2 Å². The van der Waals surface area contributed by atoms with Gasteiger partial charge in [-0.15, -0.1) is 0 Å². The fraction of sp³-hybridized carbons (Fsp3) is 0.588. The number of fused-ring (bicyclic) bond motifs is 1. The number of carbonyl (C=O) groups excluding carboxylic acids is 1. The first-order valence-corrected chi connectivity index (χ1v) is 7.89. The summed E-state index contributed by atoms with van der Waals surface area (Å²) in [5.74, 6) is 0.493. The first-order valence-electron chi connectivity index (χ1n) is 7.89. The molecule has 1 aliphatic carbocycles. The number of hydrogen-bond acceptors (Lipinski definition) is 2. The molecule has 0 bridgehead atoms. The van der Waals surface area contributed by atoms with Gasteiger partial charge in [0, 0.05) is 25.2 Å². The largest absolute Gasteiger partial charge is 0.340 e. The number of amides is 1. The van der Waals surface area contributed by atoms with Crippen molar-refractivity contribution < 1.29 is 9.18 Å². The molecule has 1 amide bonds. The van der Waals surface area contributed by atoms with Crippen molar-refractivity contribution in [2.75, 3.05) is 7.05 Å². The van der Waals surface area contributed by atoms with Gasteiger partial charge in [0.2, 0.25) is 5.91 Å². The van der Waals surface area contributed by atoms with E-state index in [1.165, 1.54) is 31.7 Å². The lowest BCUT2D eigenvalue weighted by atomic mass is 9.85. The van der Waals surface area contributed by atoms with Gasteiger partial charge in [0.05, 0.1) is 6.04 Å². The van der Waals surface area contributed by atoms with Crippen LogP contribution in [0.1, 0.15) is 37.7 Å². The fourth-order valence-electron chi connectivity index (χ4n) is 3.74. The highest BCUT2D eigenvalue weighted by Crippen LogP contribution is 2.33. The SMILES string of the molecule is CN(Cc1ccccc1F)C(=O)C1CC2CCCCC2N1. The molecule has 0 radical (unpaired) electrons. The number of rotatable bonds is 3. The van der Waals surface area contributed by atoms with Crippen LogP contribution in [-0.4, -0.2) is 29.9 Å². The van der Waals surface area contributed by atoms with Crippen LogP contribution in [0, 0.1) is 11.7 Å². The van der Waals surface area contributed by atoms with Crippen LogP contribution in [0.5, 0.6) is 0 Å². The lowest BCUT2D eigenvalue weighted by Gasteiger charge is -2.24. The van der Waals surface area contributed by atoms with Crippen LogP contribution in [0.2, 0.25) is 0 Å². The number of hydrogen-bond donors (Lipinski definition) is 1. The standard InChI is InChI=1S/C17H23FN2O/c1-20(11-13-7-2-4-8-14(13)18)17(21)16-10-12-6-3-5-9-15(12)19-16/h2,4,7-8,12,15-16,19H,3,5-6,9-11H2,1H3. The first-order chi connectivity index (χ1) is 10.1. The van der Waals surface area contributed by atoms with E-state index in [1.807, 2.05) is 0 Å². The van der Waals surface area contributed by atoms with E-state index in [1.54, 1.807) is 30.1 Å². The van der Waals surface area contributed by atoms with Crippen molar-refractivity contribution in [3.05, 3.63) is 35.6 Å². The molecule has 4 heteroatoms. The zero-order valence-corrected chi connectivity index (χ0v) is 12.5. The summed E-state index contributed by atoms with van der Waals surface area (Å²) in [6, 6.07) is 7.07. The average Bonchev–Trinajstić information content (AvgIpc) is 2.92. The van der Waals surface area contributed by atoms with E-state index in [0.717, 1.165) is 6.42 Å². The third-order valence-electron chi connectivity index (χ3n) is 4.90. The van der Waals surface area contributed by atoms with Crippen molar-refractivity contribution >= 4 is 5.91 Å². The van der Waals surface area contributed by atoms with Crippen LogP contribution in [0.4, 0.5) is 4.39 Å². The Bertz CT molecular complexity index is 505. The van der Waals surface area contributed by atoms with E-state index in [4.69, 9.17) is 0 Å². The summed E-state index contributed by atoms with van der Waals surface area (Å²) in [7, 11) is 1.76. The zero-order valence-electron chi connectivity index (χ0n) is 12.5. The molecule has 0 aromatic heterocycles. The second-order valence-electron chi connectivity index (χ2n) is 6.39. The monoisotopic (exact) mass is 290 g/mol. The van der Waals surface area contributed by atoms with Crippen LogP contribution >= 0.6 is 0 Å². The van der Waals surface area contributed by atoms with Crippen LogP contribution in [0.3, 0.4) is 0 Å². The van der Waals surface area contributed by atoms with E-state index < -0.39 is 0 Å². The highest BCUT2D eigenvalue weighted by molar-refractivity contribution is 5.82. The molecule has 3 nitrogen and oxygen atoms in total. The van der Waals surface area contributed by atoms with Gasteiger partial charge in [-0.3, -0.25) is 4.79 Å². The molecule has 2 aliphatic rings. The van der Waals surface area contributed by atoms with Crippen LogP contribution in [0.25, 0.3) is 0 Å². The molecule has 1 aromatic carbocycles. The summed E-state index contributed by atoms with van der Waals surface area (Å²) >= 11 is 0. The van der Waals surface area contributed by atoms with E-state index in [-0.39, 0.29) is 17.8 Å². The topological polar surface area (TPSA) is 32.3 Å². The molecular formula is C17H23FN2O. The molecule has 1 heterocycles. The number of halogens is 1. The first kappa shape index (κ1) is 14.5. The summed E-state index contributed by atoms with van der Waals surface area (Å²) in [5, 5.41) is 3.49. The van der Waals surface area contributed by atoms with Gasteiger partial charge in [-0.25, -0.2) is 4.39 Å². The number of nitrogens with zero attached hydrogens (tertiary/aromatic N) is 1. The Labute approximate surface area is 125 Å². The smallest absolute Gasteiger partial charge is 0.239 e. The van der Waals surface area contributed by atoms with Crippen molar-refractivity contribution in [3.8, 4) is 0 Å². The highest BCUT2D eigenvalue weighted by Gasteiger charge is 2.39. The fourth-order valence-corrected chi connectivity index (χ4v) is 3.74. The maximum atomic E-state index is 13.7. The van der Waals surface area contributed by atoms with Gasteiger partial charge in [0.25, 0.3) is 0 Å². The molecule has 3 unspecified atom stereocenters. The Kier molecular flexibility index (Phi) is 4.24. The molecule has 1 aromatic rings. The minimum atomic E-state index is -0.245. The van der Waals surface area contributed by atoms with Crippen molar-refractivity contribution in [3.63, 3.8) is 0 Å². The van der Waals surface area contributed by atoms with Crippen molar-refractivity contribution in [1.82, 2.24) is 10.2 Å². The average molecular weight is 290 g/mol. The molecule has 1 aliphatic heterocycles.